The summed E-state index contributed by atoms with van der Waals surface area (Å²) in [5.41, 5.74) is 6.80. The molecule has 0 saturated carbocycles. The average molecular weight is 500 g/mol. The maximum atomic E-state index is 5.87. The zero-order valence-corrected chi connectivity index (χ0v) is 19.1. The van der Waals surface area contributed by atoms with E-state index in [-0.39, 0.29) is 24.0 Å². The van der Waals surface area contributed by atoms with Crippen molar-refractivity contribution >= 4 is 29.9 Å². The number of halogens is 1. The third-order valence-electron chi connectivity index (χ3n) is 3.85. The second kappa shape index (κ2) is 12.3. The summed E-state index contributed by atoms with van der Waals surface area (Å²) in [5.74, 6) is 3.14. The molecule has 3 N–H and O–H groups in total. The number of pyridine rings is 1. The Morgan fingerprint density at radius 2 is 1.82 bits per heavy atom. The second-order valence-corrected chi connectivity index (χ2v) is 6.41. The van der Waals surface area contributed by atoms with Crippen molar-refractivity contribution in [1.82, 2.24) is 10.3 Å². The fourth-order valence-electron chi connectivity index (χ4n) is 2.31. The zero-order valence-electron chi connectivity index (χ0n) is 16.8. The van der Waals surface area contributed by atoms with Crippen LogP contribution in [-0.2, 0) is 6.54 Å². The third kappa shape index (κ3) is 7.41. The number of nitrogens with zero attached hydrogens (tertiary/aromatic N) is 2. The molecule has 0 aliphatic heterocycles. The first kappa shape index (κ1) is 23.8. The van der Waals surface area contributed by atoms with Crippen molar-refractivity contribution in [3.05, 3.63) is 42.1 Å². The van der Waals surface area contributed by atoms with Crippen LogP contribution in [-0.4, -0.2) is 31.7 Å². The molecule has 7 nitrogen and oxygen atoms in total. The molecule has 2 rings (SSSR count). The number of nitrogens with two attached hydrogens (primary N) is 1. The largest absolute Gasteiger partial charge is 0.493 e. The Balaban J connectivity index is 0.00000392. The lowest BCUT2D eigenvalue weighted by Crippen LogP contribution is -2.32. The number of benzene rings is 1. The Bertz CT molecular complexity index is 729. The summed E-state index contributed by atoms with van der Waals surface area (Å²) in [7, 11) is 3.16. The van der Waals surface area contributed by atoms with Gasteiger partial charge in [0.05, 0.1) is 20.8 Å². The van der Waals surface area contributed by atoms with Crippen LogP contribution in [0.4, 0.5) is 0 Å². The van der Waals surface area contributed by atoms with E-state index in [9.17, 15) is 0 Å². The Morgan fingerprint density at radius 1 is 1.14 bits per heavy atom. The summed E-state index contributed by atoms with van der Waals surface area (Å²) in [6, 6.07) is 9.11. The predicted molar refractivity (Wildman–Crippen MR) is 122 cm³/mol. The highest BCUT2D eigenvalue weighted by Gasteiger charge is 2.13. The van der Waals surface area contributed by atoms with Crippen molar-refractivity contribution in [2.45, 2.75) is 26.8 Å². The van der Waals surface area contributed by atoms with Gasteiger partial charge in [-0.25, -0.2) is 9.98 Å². The van der Waals surface area contributed by atoms with Gasteiger partial charge in [0.2, 0.25) is 11.6 Å². The molecule has 0 atom stereocenters. The van der Waals surface area contributed by atoms with Crippen molar-refractivity contribution in [3.63, 3.8) is 0 Å². The smallest absolute Gasteiger partial charge is 0.219 e. The van der Waals surface area contributed by atoms with Crippen LogP contribution in [0.2, 0.25) is 0 Å². The summed E-state index contributed by atoms with van der Waals surface area (Å²) < 4.78 is 16.5. The van der Waals surface area contributed by atoms with Gasteiger partial charge in [-0.3, -0.25) is 0 Å². The number of aromatic nitrogens is 1. The highest BCUT2D eigenvalue weighted by molar-refractivity contribution is 14.0. The first-order valence-electron chi connectivity index (χ1n) is 8.91. The Morgan fingerprint density at radius 3 is 2.36 bits per heavy atom. The van der Waals surface area contributed by atoms with E-state index >= 15 is 0 Å². The van der Waals surface area contributed by atoms with Gasteiger partial charge >= 0.3 is 0 Å². The normalized spacial score (nSPS) is 11.0. The molecule has 0 aliphatic carbocycles. The minimum atomic E-state index is 0. The van der Waals surface area contributed by atoms with Crippen LogP contribution in [0.15, 0.2) is 41.5 Å². The summed E-state index contributed by atoms with van der Waals surface area (Å²) in [6.45, 7) is 5.61. The van der Waals surface area contributed by atoms with E-state index in [2.05, 4.69) is 29.1 Å². The van der Waals surface area contributed by atoms with Crippen LogP contribution in [0, 0.1) is 5.92 Å². The summed E-state index contributed by atoms with van der Waals surface area (Å²) >= 11 is 0. The van der Waals surface area contributed by atoms with Gasteiger partial charge in [0, 0.05) is 18.8 Å². The molecule has 154 valence electrons. The van der Waals surface area contributed by atoms with Gasteiger partial charge in [-0.2, -0.15) is 0 Å². The SMILES string of the molecule is COc1cccc(OC)c1Oc1ccc(CN=C(N)NCCC(C)C)cn1.I. The third-order valence-corrected chi connectivity index (χ3v) is 3.85. The molecule has 0 spiro atoms. The molecule has 8 heteroatoms. The number of aliphatic imine (C=N–C) groups is 1. The first-order chi connectivity index (χ1) is 13.0. The van der Waals surface area contributed by atoms with E-state index in [0.717, 1.165) is 18.5 Å². The van der Waals surface area contributed by atoms with E-state index in [1.807, 2.05) is 12.1 Å². The van der Waals surface area contributed by atoms with Crippen molar-refractivity contribution in [1.29, 1.82) is 0 Å². The summed E-state index contributed by atoms with van der Waals surface area (Å²) in [6.07, 6.45) is 2.76. The quantitative estimate of drug-likeness (QED) is 0.308. The minimum absolute atomic E-state index is 0. The standard InChI is InChI=1S/C20H28N4O3.HI/c1-14(2)10-11-22-20(21)24-13-15-8-9-18(23-12-15)27-19-16(25-3)6-5-7-17(19)26-4;/h5-9,12,14H,10-11,13H2,1-4H3,(H3,21,22,24);1H. The van der Waals surface area contributed by atoms with Gasteiger partial charge in [0.25, 0.3) is 0 Å². The summed E-state index contributed by atoms with van der Waals surface area (Å²) in [5, 5.41) is 3.11. The summed E-state index contributed by atoms with van der Waals surface area (Å²) in [4.78, 5) is 8.65. The molecule has 1 heterocycles. The Labute approximate surface area is 183 Å². The maximum absolute atomic E-state index is 5.87. The van der Waals surface area contributed by atoms with E-state index in [1.165, 1.54) is 0 Å². The average Bonchev–Trinajstić information content (AvgIpc) is 2.67. The highest BCUT2D eigenvalue weighted by atomic mass is 127. The molecule has 0 unspecified atom stereocenters. The molecule has 28 heavy (non-hydrogen) atoms. The second-order valence-electron chi connectivity index (χ2n) is 6.41. The van der Waals surface area contributed by atoms with Crippen molar-refractivity contribution < 1.29 is 14.2 Å². The van der Waals surface area contributed by atoms with Crippen LogP contribution < -0.4 is 25.3 Å². The van der Waals surface area contributed by atoms with E-state index in [0.29, 0.717) is 41.6 Å². The number of ether oxygens (including phenoxy) is 3. The first-order valence-corrected chi connectivity index (χ1v) is 8.91. The molecule has 0 fully saturated rings. The molecule has 1 aromatic carbocycles. The van der Waals surface area contributed by atoms with Crippen LogP contribution >= 0.6 is 24.0 Å². The molecular formula is C20H29IN4O3. The van der Waals surface area contributed by atoms with Gasteiger partial charge in [-0.15, -0.1) is 24.0 Å². The number of nitrogens with one attached hydrogen (secondary N) is 1. The maximum Gasteiger partial charge on any atom is 0.219 e. The number of hydrogen-bond acceptors (Lipinski definition) is 5. The molecule has 0 aliphatic rings. The van der Waals surface area contributed by atoms with Crippen molar-refractivity contribution in [3.8, 4) is 23.1 Å². The molecule has 0 radical (unpaired) electrons. The number of methoxy groups -OCH3 is 2. The van der Waals surface area contributed by atoms with Crippen molar-refractivity contribution in [2.24, 2.45) is 16.6 Å². The lowest BCUT2D eigenvalue weighted by atomic mass is 10.1. The van der Waals surface area contributed by atoms with Gasteiger partial charge < -0.3 is 25.3 Å². The van der Waals surface area contributed by atoms with Crippen LogP contribution in [0.25, 0.3) is 0 Å². The lowest BCUT2D eigenvalue weighted by Gasteiger charge is -2.13. The number of hydrogen-bond donors (Lipinski definition) is 2. The fraction of sp³-hybridized carbons (Fsp3) is 0.400. The molecular weight excluding hydrogens is 471 g/mol. The molecule has 2 aromatic rings. The molecule has 1 aromatic heterocycles. The van der Waals surface area contributed by atoms with Gasteiger partial charge in [-0.1, -0.05) is 26.0 Å². The number of guanidine groups is 1. The highest BCUT2D eigenvalue weighted by Crippen LogP contribution is 2.39. The zero-order chi connectivity index (χ0) is 19.6. The van der Waals surface area contributed by atoms with Gasteiger partial charge in [0.15, 0.2) is 17.5 Å². The van der Waals surface area contributed by atoms with E-state index in [1.54, 1.807) is 38.6 Å². The predicted octanol–water partition coefficient (Wildman–Crippen LogP) is 3.96. The van der Waals surface area contributed by atoms with Gasteiger partial charge in [0.1, 0.15) is 0 Å². The van der Waals surface area contributed by atoms with Gasteiger partial charge in [-0.05, 0) is 30.0 Å². The lowest BCUT2D eigenvalue weighted by molar-refractivity contribution is 0.342. The van der Waals surface area contributed by atoms with E-state index < -0.39 is 0 Å². The number of para-hydroxylation sites is 1. The van der Waals surface area contributed by atoms with Crippen LogP contribution in [0.3, 0.4) is 0 Å². The van der Waals surface area contributed by atoms with Crippen molar-refractivity contribution in [2.75, 3.05) is 20.8 Å². The molecule has 0 saturated heterocycles. The van der Waals surface area contributed by atoms with Crippen LogP contribution in [0.1, 0.15) is 25.8 Å². The van der Waals surface area contributed by atoms with E-state index in [4.69, 9.17) is 19.9 Å². The number of rotatable bonds is 9. The fourth-order valence-corrected chi connectivity index (χ4v) is 2.31. The monoisotopic (exact) mass is 500 g/mol. The molecule has 0 bridgehead atoms. The molecule has 0 amide bonds. The van der Waals surface area contributed by atoms with Crippen LogP contribution in [0.5, 0.6) is 23.1 Å². The topological polar surface area (TPSA) is 91.0 Å². The minimum Gasteiger partial charge on any atom is -0.493 e. The Kier molecular flexibility index (Phi) is 10.4. The Hall–Kier alpha value is -2.23.